The highest BCUT2D eigenvalue weighted by Crippen LogP contribution is 2.21. The molecule has 1 aliphatic rings. The first-order valence-electron chi connectivity index (χ1n) is 7.13. The standard InChI is InChI=1S/C14H19ClN4O4/c1-14(2,3)23-13(22)18-6-7-19(9(8-18)11(20)21)10-4-5-16-12(15)17-10/h4-5,9H,6-8H2,1-3H3,(H,20,21)/t9-/m0/s1. The number of anilines is 1. The van der Waals surface area contributed by atoms with E-state index in [1.807, 2.05) is 0 Å². The fraction of sp³-hybridized carbons (Fsp3) is 0.571. The summed E-state index contributed by atoms with van der Waals surface area (Å²) in [5.74, 6) is -0.630. The summed E-state index contributed by atoms with van der Waals surface area (Å²) in [4.78, 5) is 34.5. The van der Waals surface area contributed by atoms with Gasteiger partial charge in [0.15, 0.2) is 0 Å². The maximum absolute atomic E-state index is 12.1. The second kappa shape index (κ2) is 6.57. The minimum Gasteiger partial charge on any atom is -0.480 e. The van der Waals surface area contributed by atoms with E-state index in [4.69, 9.17) is 16.3 Å². The number of carboxylic acid groups (broad SMARTS) is 1. The Morgan fingerprint density at radius 3 is 2.65 bits per heavy atom. The largest absolute Gasteiger partial charge is 0.480 e. The molecular formula is C14H19ClN4O4. The van der Waals surface area contributed by atoms with Crippen molar-refractivity contribution < 1.29 is 19.4 Å². The highest BCUT2D eigenvalue weighted by atomic mass is 35.5. The van der Waals surface area contributed by atoms with Crippen molar-refractivity contribution in [2.45, 2.75) is 32.4 Å². The molecule has 0 aliphatic carbocycles. The van der Waals surface area contributed by atoms with Crippen LogP contribution in [0.4, 0.5) is 10.6 Å². The fourth-order valence-electron chi connectivity index (χ4n) is 2.25. The van der Waals surface area contributed by atoms with Crippen LogP contribution >= 0.6 is 11.6 Å². The van der Waals surface area contributed by atoms with Gasteiger partial charge in [-0.05, 0) is 38.4 Å². The third-order valence-corrected chi connectivity index (χ3v) is 3.40. The summed E-state index contributed by atoms with van der Waals surface area (Å²) in [6, 6.07) is 0.660. The first kappa shape index (κ1) is 17.3. The third kappa shape index (κ3) is 4.44. The molecule has 0 saturated carbocycles. The van der Waals surface area contributed by atoms with Crippen LogP contribution in [-0.2, 0) is 9.53 Å². The summed E-state index contributed by atoms with van der Waals surface area (Å²) in [7, 11) is 0. The zero-order valence-electron chi connectivity index (χ0n) is 13.2. The van der Waals surface area contributed by atoms with Crippen molar-refractivity contribution in [2.24, 2.45) is 0 Å². The molecule has 2 rings (SSSR count). The van der Waals surface area contributed by atoms with E-state index in [0.29, 0.717) is 18.9 Å². The van der Waals surface area contributed by atoms with Crippen molar-refractivity contribution in [3.63, 3.8) is 0 Å². The number of aliphatic carboxylic acids is 1. The van der Waals surface area contributed by atoms with Gasteiger partial charge in [0.1, 0.15) is 17.5 Å². The van der Waals surface area contributed by atoms with E-state index in [-0.39, 0.29) is 11.8 Å². The number of hydrogen-bond donors (Lipinski definition) is 1. The normalized spacial score (nSPS) is 18.7. The Morgan fingerprint density at radius 1 is 1.39 bits per heavy atom. The monoisotopic (exact) mass is 342 g/mol. The summed E-state index contributed by atoms with van der Waals surface area (Å²) in [5.41, 5.74) is -0.632. The Hall–Kier alpha value is -2.09. The minimum atomic E-state index is -1.05. The molecule has 1 saturated heterocycles. The average molecular weight is 343 g/mol. The molecule has 0 spiro atoms. The summed E-state index contributed by atoms with van der Waals surface area (Å²) in [6.45, 7) is 5.94. The lowest BCUT2D eigenvalue weighted by molar-refractivity contribution is -0.139. The van der Waals surface area contributed by atoms with Gasteiger partial charge in [-0.1, -0.05) is 0 Å². The van der Waals surface area contributed by atoms with Crippen molar-refractivity contribution >= 4 is 29.5 Å². The minimum absolute atomic E-state index is 0.00582. The van der Waals surface area contributed by atoms with Gasteiger partial charge in [-0.25, -0.2) is 19.6 Å². The van der Waals surface area contributed by atoms with Crippen LogP contribution < -0.4 is 4.90 Å². The molecule has 1 aromatic heterocycles. The highest BCUT2D eigenvalue weighted by molar-refractivity contribution is 6.28. The summed E-state index contributed by atoms with van der Waals surface area (Å²) in [6.07, 6.45) is 0.938. The van der Waals surface area contributed by atoms with E-state index in [1.54, 1.807) is 31.7 Å². The van der Waals surface area contributed by atoms with Gasteiger partial charge in [0.2, 0.25) is 5.28 Å². The summed E-state index contributed by atoms with van der Waals surface area (Å²) in [5, 5.41) is 9.52. The number of hydrogen-bond acceptors (Lipinski definition) is 6. The zero-order valence-corrected chi connectivity index (χ0v) is 13.9. The van der Waals surface area contributed by atoms with Crippen LogP contribution in [0.25, 0.3) is 0 Å². The molecule has 0 radical (unpaired) electrons. The fourth-order valence-corrected chi connectivity index (χ4v) is 2.39. The molecule has 1 aromatic rings. The Bertz CT molecular complexity index is 605. The van der Waals surface area contributed by atoms with Crippen LogP contribution in [0, 0.1) is 0 Å². The van der Waals surface area contributed by atoms with Gasteiger partial charge in [0.25, 0.3) is 0 Å². The number of carbonyl (C=O) groups is 2. The van der Waals surface area contributed by atoms with Crippen LogP contribution in [0.5, 0.6) is 0 Å². The topological polar surface area (TPSA) is 95.9 Å². The van der Waals surface area contributed by atoms with Gasteiger partial charge >= 0.3 is 12.1 Å². The van der Waals surface area contributed by atoms with Crippen LogP contribution in [0.3, 0.4) is 0 Å². The quantitative estimate of drug-likeness (QED) is 0.816. The number of piperazine rings is 1. The lowest BCUT2D eigenvalue weighted by Crippen LogP contribution is -2.58. The van der Waals surface area contributed by atoms with Crippen LogP contribution in [0.2, 0.25) is 5.28 Å². The number of halogens is 1. The predicted molar refractivity (Wildman–Crippen MR) is 83.6 cm³/mol. The molecule has 0 unspecified atom stereocenters. The van der Waals surface area contributed by atoms with Gasteiger partial charge < -0.3 is 19.6 Å². The van der Waals surface area contributed by atoms with Gasteiger partial charge in [0.05, 0.1) is 6.54 Å². The van der Waals surface area contributed by atoms with Crippen molar-refractivity contribution in [1.29, 1.82) is 0 Å². The Morgan fingerprint density at radius 2 is 2.09 bits per heavy atom. The van der Waals surface area contributed by atoms with Gasteiger partial charge in [-0.3, -0.25) is 0 Å². The smallest absolute Gasteiger partial charge is 0.410 e. The van der Waals surface area contributed by atoms with Crippen LogP contribution in [-0.4, -0.2) is 63.3 Å². The van der Waals surface area contributed by atoms with E-state index >= 15 is 0 Å². The SMILES string of the molecule is CC(C)(C)OC(=O)N1CCN(c2ccnc(Cl)n2)[C@H](C(=O)O)C1. The molecule has 126 valence electrons. The molecule has 0 aromatic carbocycles. The molecule has 1 atom stereocenters. The van der Waals surface area contributed by atoms with Gasteiger partial charge in [-0.2, -0.15) is 0 Å². The van der Waals surface area contributed by atoms with E-state index in [0.717, 1.165) is 0 Å². The van der Waals surface area contributed by atoms with Crippen molar-refractivity contribution in [2.75, 3.05) is 24.5 Å². The van der Waals surface area contributed by atoms with E-state index in [1.165, 1.54) is 11.1 Å². The molecule has 8 nitrogen and oxygen atoms in total. The molecule has 9 heteroatoms. The number of nitrogens with zero attached hydrogens (tertiary/aromatic N) is 4. The first-order valence-corrected chi connectivity index (χ1v) is 7.51. The van der Waals surface area contributed by atoms with E-state index < -0.39 is 23.7 Å². The average Bonchev–Trinajstić information content (AvgIpc) is 2.44. The summed E-state index contributed by atoms with van der Waals surface area (Å²) >= 11 is 5.76. The summed E-state index contributed by atoms with van der Waals surface area (Å²) < 4.78 is 5.29. The third-order valence-electron chi connectivity index (χ3n) is 3.22. The second-order valence-electron chi connectivity index (χ2n) is 6.16. The second-order valence-corrected chi connectivity index (χ2v) is 6.50. The maximum atomic E-state index is 12.1. The lowest BCUT2D eigenvalue weighted by atomic mass is 10.1. The number of ether oxygens (including phenoxy) is 1. The number of amides is 1. The molecule has 0 bridgehead atoms. The molecular weight excluding hydrogens is 324 g/mol. The van der Waals surface area contributed by atoms with E-state index in [2.05, 4.69) is 9.97 Å². The van der Waals surface area contributed by atoms with Crippen LogP contribution in [0.1, 0.15) is 20.8 Å². The van der Waals surface area contributed by atoms with Crippen molar-refractivity contribution in [3.8, 4) is 0 Å². The predicted octanol–water partition coefficient (Wildman–Crippen LogP) is 1.64. The Labute approximate surface area is 139 Å². The number of carbonyl (C=O) groups excluding carboxylic acids is 1. The number of aromatic nitrogens is 2. The Kier molecular flexibility index (Phi) is 4.93. The zero-order chi connectivity index (χ0) is 17.2. The molecule has 23 heavy (non-hydrogen) atoms. The first-order chi connectivity index (χ1) is 10.7. The number of carboxylic acids is 1. The van der Waals surface area contributed by atoms with Gasteiger partial charge in [0, 0.05) is 19.3 Å². The molecule has 2 heterocycles. The van der Waals surface area contributed by atoms with E-state index in [9.17, 15) is 14.7 Å². The molecule has 1 amide bonds. The van der Waals surface area contributed by atoms with Crippen molar-refractivity contribution in [1.82, 2.24) is 14.9 Å². The Balaban J connectivity index is 2.15. The molecule has 1 N–H and O–H groups in total. The van der Waals surface area contributed by atoms with Gasteiger partial charge in [-0.15, -0.1) is 0 Å². The highest BCUT2D eigenvalue weighted by Gasteiger charge is 2.36. The lowest BCUT2D eigenvalue weighted by Gasteiger charge is -2.40. The molecule has 1 aliphatic heterocycles. The number of rotatable bonds is 2. The maximum Gasteiger partial charge on any atom is 0.410 e. The molecule has 1 fully saturated rings. The van der Waals surface area contributed by atoms with Crippen LogP contribution in [0.15, 0.2) is 12.3 Å². The van der Waals surface area contributed by atoms with Crippen molar-refractivity contribution in [3.05, 3.63) is 17.5 Å².